The first-order valence-electron chi connectivity index (χ1n) is 6.49. The van der Waals surface area contributed by atoms with E-state index in [0.717, 1.165) is 28.8 Å². The molecule has 0 unspecified atom stereocenters. The highest BCUT2D eigenvalue weighted by molar-refractivity contribution is 6.01. The zero-order valence-electron chi connectivity index (χ0n) is 11.6. The smallest absolute Gasteiger partial charge is 0.193 e. The molecule has 0 atom stereocenters. The van der Waals surface area contributed by atoms with E-state index in [0.29, 0.717) is 11.9 Å². The molecule has 0 aliphatic heterocycles. The Bertz CT molecular complexity index is 602. The highest BCUT2D eigenvalue weighted by Crippen LogP contribution is 2.21. The third-order valence-corrected chi connectivity index (χ3v) is 2.75. The molecule has 3 N–H and O–H groups in total. The second kappa shape index (κ2) is 5.69. The molecule has 0 fully saturated rings. The Morgan fingerprint density at radius 1 is 1.32 bits per heavy atom. The summed E-state index contributed by atoms with van der Waals surface area (Å²) in [7, 11) is 0. The molecule has 2 rings (SSSR count). The molecule has 1 aromatic heterocycles. The Kier molecular flexibility index (Phi) is 4.00. The molecule has 0 aliphatic rings. The number of aromatic nitrogens is 1. The summed E-state index contributed by atoms with van der Waals surface area (Å²) in [5.74, 6) is 0.928. The maximum absolute atomic E-state index is 5.89. The van der Waals surface area contributed by atoms with Gasteiger partial charge in [-0.1, -0.05) is 32.0 Å². The van der Waals surface area contributed by atoms with Crippen LogP contribution in [0.3, 0.4) is 0 Å². The number of hydrogen-bond donors (Lipinski definition) is 2. The van der Waals surface area contributed by atoms with Gasteiger partial charge in [0.05, 0.1) is 11.2 Å². The summed E-state index contributed by atoms with van der Waals surface area (Å²) >= 11 is 0. The molecule has 19 heavy (non-hydrogen) atoms. The van der Waals surface area contributed by atoms with Crippen LogP contribution in [0.4, 0.5) is 5.69 Å². The van der Waals surface area contributed by atoms with E-state index in [-0.39, 0.29) is 0 Å². The van der Waals surface area contributed by atoms with Gasteiger partial charge in [-0.15, -0.1) is 0 Å². The third-order valence-electron chi connectivity index (χ3n) is 2.75. The van der Waals surface area contributed by atoms with Crippen molar-refractivity contribution in [1.82, 2.24) is 4.98 Å². The van der Waals surface area contributed by atoms with Crippen LogP contribution in [0.1, 0.15) is 19.5 Å². The van der Waals surface area contributed by atoms with Crippen molar-refractivity contribution in [1.29, 1.82) is 0 Å². The zero-order chi connectivity index (χ0) is 13.8. The van der Waals surface area contributed by atoms with Gasteiger partial charge in [0.25, 0.3) is 0 Å². The van der Waals surface area contributed by atoms with Gasteiger partial charge in [-0.05, 0) is 25.0 Å². The van der Waals surface area contributed by atoms with E-state index < -0.39 is 0 Å². The lowest BCUT2D eigenvalue weighted by atomic mass is 10.2. The molecular formula is C15H20N4. The number of nitrogens with one attached hydrogen (secondary N) is 1. The largest absolute Gasteiger partial charge is 0.370 e. The van der Waals surface area contributed by atoms with Crippen LogP contribution in [0, 0.1) is 12.8 Å². The molecule has 0 aliphatic carbocycles. The summed E-state index contributed by atoms with van der Waals surface area (Å²) in [4.78, 5) is 8.85. The van der Waals surface area contributed by atoms with Crippen molar-refractivity contribution in [3.8, 4) is 0 Å². The molecule has 4 nitrogen and oxygen atoms in total. The van der Waals surface area contributed by atoms with Crippen LogP contribution in [-0.2, 0) is 0 Å². The van der Waals surface area contributed by atoms with Crippen LogP contribution in [0.5, 0.6) is 0 Å². The fourth-order valence-corrected chi connectivity index (χ4v) is 1.80. The SMILES string of the molecule is Cc1ccc2cccc(NC(N)=NCC(C)C)c2n1. The number of benzene rings is 1. The number of aryl methyl sites for hydroxylation is 1. The van der Waals surface area contributed by atoms with Crippen molar-refractivity contribution < 1.29 is 0 Å². The Labute approximate surface area is 113 Å². The van der Waals surface area contributed by atoms with Gasteiger partial charge >= 0.3 is 0 Å². The van der Waals surface area contributed by atoms with Crippen LogP contribution in [0.25, 0.3) is 10.9 Å². The van der Waals surface area contributed by atoms with Crippen molar-refractivity contribution in [2.75, 3.05) is 11.9 Å². The van der Waals surface area contributed by atoms with Crippen LogP contribution < -0.4 is 11.1 Å². The fraction of sp³-hybridized carbons (Fsp3) is 0.333. The van der Waals surface area contributed by atoms with E-state index in [1.54, 1.807) is 0 Å². The van der Waals surface area contributed by atoms with Crippen LogP contribution >= 0.6 is 0 Å². The maximum atomic E-state index is 5.89. The summed E-state index contributed by atoms with van der Waals surface area (Å²) < 4.78 is 0. The molecule has 0 spiro atoms. The van der Waals surface area contributed by atoms with Gasteiger partial charge in [0.1, 0.15) is 0 Å². The average Bonchev–Trinajstić information content (AvgIpc) is 2.37. The minimum Gasteiger partial charge on any atom is -0.370 e. The van der Waals surface area contributed by atoms with Gasteiger partial charge in [-0.2, -0.15) is 0 Å². The van der Waals surface area contributed by atoms with E-state index in [9.17, 15) is 0 Å². The minimum atomic E-state index is 0.435. The Hall–Kier alpha value is -2.10. The summed E-state index contributed by atoms with van der Waals surface area (Å²) in [6, 6.07) is 10.0. The monoisotopic (exact) mass is 256 g/mol. The van der Waals surface area contributed by atoms with Crippen LogP contribution in [0.15, 0.2) is 35.3 Å². The zero-order valence-corrected chi connectivity index (χ0v) is 11.6. The van der Waals surface area contributed by atoms with Gasteiger partial charge in [0.2, 0.25) is 0 Å². The number of hydrogen-bond acceptors (Lipinski definition) is 2. The molecule has 100 valence electrons. The van der Waals surface area contributed by atoms with E-state index >= 15 is 0 Å². The topological polar surface area (TPSA) is 63.3 Å². The minimum absolute atomic E-state index is 0.435. The van der Waals surface area contributed by atoms with Crippen LogP contribution in [-0.4, -0.2) is 17.5 Å². The van der Waals surface area contributed by atoms with E-state index in [1.165, 1.54) is 0 Å². The van der Waals surface area contributed by atoms with Gasteiger partial charge in [-0.25, -0.2) is 0 Å². The lowest BCUT2D eigenvalue weighted by Gasteiger charge is -2.09. The van der Waals surface area contributed by atoms with Gasteiger partial charge in [0, 0.05) is 17.6 Å². The number of anilines is 1. The van der Waals surface area contributed by atoms with Crippen molar-refractivity contribution >= 4 is 22.5 Å². The van der Waals surface area contributed by atoms with Gasteiger partial charge in [0.15, 0.2) is 5.96 Å². The van der Waals surface area contributed by atoms with Crippen LogP contribution in [0.2, 0.25) is 0 Å². The number of fused-ring (bicyclic) bond motifs is 1. The Morgan fingerprint density at radius 2 is 2.11 bits per heavy atom. The molecule has 2 aromatic rings. The summed E-state index contributed by atoms with van der Waals surface area (Å²) in [5.41, 5.74) is 8.70. The summed E-state index contributed by atoms with van der Waals surface area (Å²) in [6.45, 7) is 6.92. The van der Waals surface area contributed by atoms with Crippen molar-refractivity contribution in [3.63, 3.8) is 0 Å². The van der Waals surface area contributed by atoms with Crippen molar-refractivity contribution in [3.05, 3.63) is 36.0 Å². The van der Waals surface area contributed by atoms with Gasteiger partial charge in [-0.3, -0.25) is 9.98 Å². The van der Waals surface area contributed by atoms with E-state index in [2.05, 4.69) is 35.2 Å². The Balaban J connectivity index is 2.30. The number of guanidine groups is 1. The highest BCUT2D eigenvalue weighted by atomic mass is 15.1. The number of aliphatic imine (C=N–C) groups is 1. The molecule has 4 heteroatoms. The summed E-state index contributed by atoms with van der Waals surface area (Å²) in [6.07, 6.45) is 0. The normalized spacial score (nSPS) is 12.1. The first-order valence-corrected chi connectivity index (χ1v) is 6.49. The van der Waals surface area contributed by atoms with E-state index in [4.69, 9.17) is 5.73 Å². The predicted octanol–water partition coefficient (Wildman–Crippen LogP) is 2.93. The standard InChI is InChI=1S/C15H20N4/c1-10(2)9-17-15(16)19-13-6-4-5-12-8-7-11(3)18-14(12)13/h4-8,10H,9H2,1-3H3,(H3,16,17,19). The molecule has 0 saturated heterocycles. The second-order valence-corrected chi connectivity index (χ2v) is 5.07. The molecule has 0 bridgehead atoms. The first-order chi connectivity index (χ1) is 9.06. The number of rotatable bonds is 3. The average molecular weight is 256 g/mol. The number of para-hydroxylation sites is 1. The van der Waals surface area contributed by atoms with Crippen molar-refractivity contribution in [2.45, 2.75) is 20.8 Å². The molecule has 0 amide bonds. The fourth-order valence-electron chi connectivity index (χ4n) is 1.80. The molecule has 1 aromatic carbocycles. The highest BCUT2D eigenvalue weighted by Gasteiger charge is 2.03. The van der Waals surface area contributed by atoms with Crippen molar-refractivity contribution in [2.24, 2.45) is 16.6 Å². The molecule has 0 saturated carbocycles. The lowest BCUT2D eigenvalue weighted by Crippen LogP contribution is -2.23. The lowest BCUT2D eigenvalue weighted by molar-refractivity contribution is 0.665. The first kappa shape index (κ1) is 13.3. The van der Waals surface area contributed by atoms with E-state index in [1.807, 2.05) is 31.2 Å². The number of nitrogens with zero attached hydrogens (tertiary/aromatic N) is 2. The predicted molar refractivity (Wildman–Crippen MR) is 81.4 cm³/mol. The van der Waals surface area contributed by atoms with Gasteiger partial charge < -0.3 is 11.1 Å². The second-order valence-electron chi connectivity index (χ2n) is 5.07. The number of pyridine rings is 1. The molecular weight excluding hydrogens is 236 g/mol. The quantitative estimate of drug-likeness (QED) is 0.655. The molecule has 1 heterocycles. The maximum Gasteiger partial charge on any atom is 0.193 e. The molecule has 0 radical (unpaired) electrons. The Morgan fingerprint density at radius 3 is 2.84 bits per heavy atom. The third kappa shape index (κ3) is 3.44. The number of nitrogens with two attached hydrogens (primary N) is 1. The summed E-state index contributed by atoms with van der Waals surface area (Å²) in [5, 5.41) is 4.22.